The summed E-state index contributed by atoms with van der Waals surface area (Å²) < 4.78 is 5.44. The minimum atomic E-state index is 0.0938. The van der Waals surface area contributed by atoms with Crippen molar-refractivity contribution in [3.05, 3.63) is 0 Å². The Hall–Kier alpha value is -0.610. The zero-order valence-electron chi connectivity index (χ0n) is 13.5. The molecule has 0 aliphatic carbocycles. The van der Waals surface area contributed by atoms with Gasteiger partial charge < -0.3 is 15.0 Å². The van der Waals surface area contributed by atoms with Crippen molar-refractivity contribution >= 4 is 5.91 Å². The van der Waals surface area contributed by atoms with E-state index in [2.05, 4.69) is 37.9 Å². The van der Waals surface area contributed by atoms with Gasteiger partial charge in [0, 0.05) is 25.6 Å². The molecule has 0 aromatic carbocycles. The SMILES string of the molecule is CC(C)COCCC(=O)NC(CC(C)C)CN(C)C. The normalized spacial score (nSPS) is 13.3. The van der Waals surface area contributed by atoms with E-state index in [9.17, 15) is 4.79 Å². The molecule has 0 saturated heterocycles. The summed E-state index contributed by atoms with van der Waals surface area (Å²) >= 11 is 0. The maximum Gasteiger partial charge on any atom is 0.222 e. The van der Waals surface area contributed by atoms with Crippen LogP contribution in [0.25, 0.3) is 0 Å². The minimum absolute atomic E-state index is 0.0938. The second-order valence-electron chi connectivity index (χ2n) is 6.37. The number of nitrogens with one attached hydrogen (secondary N) is 1. The van der Waals surface area contributed by atoms with Crippen LogP contribution >= 0.6 is 0 Å². The molecule has 0 aliphatic heterocycles. The number of hydrogen-bond acceptors (Lipinski definition) is 3. The highest BCUT2D eigenvalue weighted by Gasteiger charge is 2.14. The summed E-state index contributed by atoms with van der Waals surface area (Å²) in [7, 11) is 4.07. The molecular weight excluding hydrogens is 240 g/mol. The van der Waals surface area contributed by atoms with Crippen molar-refractivity contribution in [2.45, 2.75) is 46.6 Å². The van der Waals surface area contributed by atoms with Crippen molar-refractivity contribution in [1.29, 1.82) is 0 Å². The quantitative estimate of drug-likeness (QED) is 0.620. The van der Waals surface area contributed by atoms with E-state index in [-0.39, 0.29) is 11.9 Å². The van der Waals surface area contributed by atoms with Gasteiger partial charge in [0.1, 0.15) is 0 Å². The van der Waals surface area contributed by atoms with Gasteiger partial charge in [-0.2, -0.15) is 0 Å². The smallest absolute Gasteiger partial charge is 0.222 e. The first-order valence-corrected chi connectivity index (χ1v) is 7.33. The van der Waals surface area contributed by atoms with Gasteiger partial charge >= 0.3 is 0 Å². The van der Waals surface area contributed by atoms with Crippen molar-refractivity contribution in [1.82, 2.24) is 10.2 Å². The average molecular weight is 272 g/mol. The standard InChI is InChI=1S/C15H32N2O2/c1-12(2)9-14(10-17(5)6)16-15(18)7-8-19-11-13(3)4/h12-14H,7-11H2,1-6H3,(H,16,18). The highest BCUT2D eigenvalue weighted by atomic mass is 16.5. The maximum atomic E-state index is 11.9. The van der Waals surface area contributed by atoms with E-state index in [1.165, 1.54) is 0 Å². The summed E-state index contributed by atoms with van der Waals surface area (Å²) in [4.78, 5) is 14.0. The van der Waals surface area contributed by atoms with Gasteiger partial charge in [-0.3, -0.25) is 4.79 Å². The molecule has 0 fully saturated rings. The summed E-state index contributed by atoms with van der Waals surface area (Å²) in [5, 5.41) is 3.11. The average Bonchev–Trinajstić information content (AvgIpc) is 2.22. The van der Waals surface area contributed by atoms with Crippen LogP contribution in [0.1, 0.15) is 40.5 Å². The van der Waals surface area contributed by atoms with Crippen LogP contribution < -0.4 is 5.32 Å². The van der Waals surface area contributed by atoms with Gasteiger partial charge in [0.2, 0.25) is 5.91 Å². The van der Waals surface area contributed by atoms with E-state index in [1.54, 1.807) is 0 Å². The second-order valence-corrected chi connectivity index (χ2v) is 6.37. The molecule has 1 unspecified atom stereocenters. The summed E-state index contributed by atoms with van der Waals surface area (Å²) in [6, 6.07) is 0.229. The number of carbonyl (C=O) groups excluding carboxylic acids is 1. The van der Waals surface area contributed by atoms with Crippen LogP contribution in [0.5, 0.6) is 0 Å². The van der Waals surface area contributed by atoms with E-state index in [4.69, 9.17) is 4.74 Å². The summed E-state index contributed by atoms with van der Waals surface area (Å²) in [5.74, 6) is 1.20. The first-order valence-electron chi connectivity index (χ1n) is 7.33. The largest absolute Gasteiger partial charge is 0.381 e. The van der Waals surface area contributed by atoms with Crippen molar-refractivity contribution < 1.29 is 9.53 Å². The number of ether oxygens (including phenoxy) is 1. The molecule has 0 rings (SSSR count). The fraction of sp³-hybridized carbons (Fsp3) is 0.933. The molecule has 4 heteroatoms. The molecule has 0 radical (unpaired) electrons. The molecule has 1 amide bonds. The van der Waals surface area contributed by atoms with E-state index < -0.39 is 0 Å². The highest BCUT2D eigenvalue weighted by Crippen LogP contribution is 2.06. The molecular formula is C15H32N2O2. The van der Waals surface area contributed by atoms with Crippen LogP contribution in [-0.2, 0) is 9.53 Å². The van der Waals surface area contributed by atoms with Crippen LogP contribution in [0, 0.1) is 11.8 Å². The monoisotopic (exact) mass is 272 g/mol. The lowest BCUT2D eigenvalue weighted by Crippen LogP contribution is -2.42. The highest BCUT2D eigenvalue weighted by molar-refractivity contribution is 5.76. The Balaban J connectivity index is 3.94. The first-order chi connectivity index (χ1) is 8.81. The van der Waals surface area contributed by atoms with Gasteiger partial charge in [0.15, 0.2) is 0 Å². The summed E-state index contributed by atoms with van der Waals surface area (Å²) in [6.07, 6.45) is 1.46. The fourth-order valence-electron chi connectivity index (χ4n) is 1.97. The molecule has 1 atom stereocenters. The van der Waals surface area contributed by atoms with Gasteiger partial charge in [-0.1, -0.05) is 27.7 Å². The van der Waals surface area contributed by atoms with Crippen LogP contribution in [0.4, 0.5) is 0 Å². The molecule has 0 saturated carbocycles. The van der Waals surface area contributed by atoms with Crippen LogP contribution in [-0.4, -0.2) is 50.7 Å². The van der Waals surface area contributed by atoms with Gasteiger partial charge in [0.25, 0.3) is 0 Å². The van der Waals surface area contributed by atoms with Crippen LogP contribution in [0.3, 0.4) is 0 Å². The van der Waals surface area contributed by atoms with Crippen molar-refractivity contribution in [2.75, 3.05) is 33.9 Å². The number of carbonyl (C=O) groups is 1. The van der Waals surface area contributed by atoms with Crippen LogP contribution in [0.2, 0.25) is 0 Å². The number of rotatable bonds is 10. The Morgan fingerprint density at radius 1 is 1.16 bits per heavy atom. The molecule has 0 bridgehead atoms. The topological polar surface area (TPSA) is 41.6 Å². The van der Waals surface area contributed by atoms with Crippen molar-refractivity contribution in [3.8, 4) is 0 Å². The number of nitrogens with zero attached hydrogens (tertiary/aromatic N) is 1. The Kier molecular flexibility index (Phi) is 9.88. The molecule has 0 heterocycles. The van der Waals surface area contributed by atoms with Gasteiger partial charge in [-0.25, -0.2) is 0 Å². The molecule has 4 nitrogen and oxygen atoms in total. The molecule has 0 aromatic heterocycles. The predicted octanol–water partition coefficient (Wildman–Crippen LogP) is 2.14. The van der Waals surface area contributed by atoms with Crippen molar-refractivity contribution in [2.24, 2.45) is 11.8 Å². The zero-order chi connectivity index (χ0) is 14.8. The molecule has 19 heavy (non-hydrogen) atoms. The third-order valence-electron chi connectivity index (χ3n) is 2.63. The van der Waals surface area contributed by atoms with E-state index in [0.29, 0.717) is 24.9 Å². The van der Waals surface area contributed by atoms with Crippen molar-refractivity contribution in [3.63, 3.8) is 0 Å². The van der Waals surface area contributed by atoms with Gasteiger partial charge in [-0.05, 0) is 32.4 Å². The Labute approximate surface area is 118 Å². The molecule has 0 aromatic rings. The zero-order valence-corrected chi connectivity index (χ0v) is 13.5. The van der Waals surface area contributed by atoms with Crippen LogP contribution in [0.15, 0.2) is 0 Å². The summed E-state index contributed by atoms with van der Waals surface area (Å²) in [6.45, 7) is 10.7. The Morgan fingerprint density at radius 2 is 1.79 bits per heavy atom. The third kappa shape index (κ3) is 12.2. The molecule has 0 aliphatic rings. The lowest BCUT2D eigenvalue weighted by molar-refractivity contribution is -0.123. The number of hydrogen-bond donors (Lipinski definition) is 1. The maximum absolute atomic E-state index is 11.9. The minimum Gasteiger partial charge on any atom is -0.381 e. The molecule has 114 valence electrons. The third-order valence-corrected chi connectivity index (χ3v) is 2.63. The van der Waals surface area contributed by atoms with Gasteiger partial charge in [-0.15, -0.1) is 0 Å². The second kappa shape index (κ2) is 10.2. The predicted molar refractivity (Wildman–Crippen MR) is 80.2 cm³/mol. The summed E-state index contributed by atoms with van der Waals surface area (Å²) in [5.41, 5.74) is 0. The lowest BCUT2D eigenvalue weighted by atomic mass is 10.0. The fourth-order valence-corrected chi connectivity index (χ4v) is 1.97. The first kappa shape index (κ1) is 18.4. The number of amides is 1. The molecule has 0 spiro atoms. The van der Waals surface area contributed by atoms with E-state index in [1.807, 2.05) is 14.1 Å². The Morgan fingerprint density at radius 3 is 2.26 bits per heavy atom. The molecule has 1 N–H and O–H groups in total. The number of likely N-dealkylation sites (N-methyl/N-ethyl adjacent to an activating group) is 1. The van der Waals surface area contributed by atoms with Gasteiger partial charge in [0.05, 0.1) is 6.61 Å². The van der Waals surface area contributed by atoms with E-state index in [0.717, 1.165) is 19.6 Å². The lowest BCUT2D eigenvalue weighted by Gasteiger charge is -2.24. The van der Waals surface area contributed by atoms with E-state index >= 15 is 0 Å². The Bertz CT molecular complexity index is 230.